The largest absolute Gasteiger partial charge is 0.611 e. The minimum absolute atomic E-state index is 0.000887. The summed E-state index contributed by atoms with van der Waals surface area (Å²) in [5.41, 5.74) is 0.966. The molecule has 0 aliphatic carbocycles. The van der Waals surface area contributed by atoms with Crippen molar-refractivity contribution in [2.45, 2.75) is 38.0 Å². The monoisotopic (exact) mass is 346 g/mol. The third-order valence-corrected chi connectivity index (χ3v) is 4.92. The van der Waals surface area contributed by atoms with Gasteiger partial charge in [-0.1, -0.05) is 29.3 Å². The van der Waals surface area contributed by atoms with E-state index in [0.717, 1.165) is 18.2 Å². The maximum atomic E-state index is 12.2. The van der Waals surface area contributed by atoms with Gasteiger partial charge in [0.25, 0.3) is 0 Å². The zero-order valence-electron chi connectivity index (χ0n) is 11.2. The van der Waals surface area contributed by atoms with Gasteiger partial charge in [-0.15, -0.1) is 0 Å². The Hall–Kier alpha value is -0.520. The first-order valence-corrected chi connectivity index (χ1v) is 8.77. The van der Waals surface area contributed by atoms with Crippen LogP contribution in [0, 0.1) is 0 Å². The molecule has 0 fully saturated rings. The molecule has 0 radical (unpaired) electrons. The van der Waals surface area contributed by atoms with Crippen molar-refractivity contribution >= 4 is 32.9 Å². The maximum absolute atomic E-state index is 12.2. The van der Waals surface area contributed by atoms with Gasteiger partial charge < -0.3 is 9.66 Å². The number of halogens is 1. The Morgan fingerprint density at radius 2 is 2.16 bits per heavy atom. The third kappa shape index (κ3) is 4.23. The molecule has 1 atom stereocenters. The molecule has 19 heavy (non-hydrogen) atoms. The van der Waals surface area contributed by atoms with Crippen molar-refractivity contribution in [3.05, 3.63) is 23.3 Å². The van der Waals surface area contributed by atoms with Gasteiger partial charge in [0.15, 0.2) is 10.7 Å². The minimum atomic E-state index is -1.13. The van der Waals surface area contributed by atoms with Crippen molar-refractivity contribution in [3.8, 4) is 5.75 Å². The standard InChI is InChI=1S/C14H19BrO3S/c1-3-5-12-13(19(18)9-4-8-15)7-6-11(10(2)16)14(12)17/h6-7,17H,3-5,8-9H2,1-2H3. The molecule has 0 saturated heterocycles. The Bertz CT molecular complexity index is 449. The number of phenols is 1. The van der Waals surface area contributed by atoms with Gasteiger partial charge in [-0.3, -0.25) is 4.79 Å². The zero-order valence-corrected chi connectivity index (χ0v) is 13.6. The van der Waals surface area contributed by atoms with E-state index in [0.29, 0.717) is 28.2 Å². The first-order chi connectivity index (χ1) is 9.02. The lowest BCUT2D eigenvalue weighted by molar-refractivity contribution is 0.101. The number of carbonyl (C=O) groups excluding carboxylic acids is 1. The number of benzene rings is 1. The van der Waals surface area contributed by atoms with E-state index in [1.807, 2.05) is 6.92 Å². The summed E-state index contributed by atoms with van der Waals surface area (Å²) in [6.45, 7) is 3.41. The van der Waals surface area contributed by atoms with E-state index < -0.39 is 11.2 Å². The number of phenolic OH excluding ortho intramolecular Hbond substituents is 1. The molecule has 1 aromatic rings. The molecule has 0 amide bonds. The van der Waals surface area contributed by atoms with Crippen molar-refractivity contribution in [1.29, 1.82) is 0 Å². The average Bonchev–Trinajstić information content (AvgIpc) is 2.37. The molecule has 0 saturated carbocycles. The van der Waals surface area contributed by atoms with Crippen molar-refractivity contribution in [2.24, 2.45) is 0 Å². The highest BCUT2D eigenvalue weighted by Crippen LogP contribution is 2.31. The van der Waals surface area contributed by atoms with Crippen LogP contribution in [0.25, 0.3) is 0 Å². The van der Waals surface area contributed by atoms with Gasteiger partial charge in [0.05, 0.1) is 5.56 Å². The van der Waals surface area contributed by atoms with Gasteiger partial charge in [0.2, 0.25) is 0 Å². The lowest BCUT2D eigenvalue weighted by Gasteiger charge is -2.16. The topological polar surface area (TPSA) is 60.4 Å². The SMILES string of the molecule is CCCc1c([S+]([O-])CCCBr)ccc(C(C)=O)c1O. The van der Waals surface area contributed by atoms with Crippen LogP contribution in [0.2, 0.25) is 0 Å². The predicted molar refractivity (Wildman–Crippen MR) is 81.8 cm³/mol. The second-order valence-electron chi connectivity index (χ2n) is 4.34. The van der Waals surface area contributed by atoms with Gasteiger partial charge in [-0.2, -0.15) is 0 Å². The number of alkyl halides is 1. The van der Waals surface area contributed by atoms with E-state index in [-0.39, 0.29) is 11.5 Å². The summed E-state index contributed by atoms with van der Waals surface area (Å²) in [6, 6.07) is 3.28. The van der Waals surface area contributed by atoms with E-state index in [9.17, 15) is 14.5 Å². The van der Waals surface area contributed by atoms with E-state index in [2.05, 4.69) is 15.9 Å². The molecule has 0 aliphatic heterocycles. The average molecular weight is 347 g/mol. The molecule has 5 heteroatoms. The highest BCUT2D eigenvalue weighted by molar-refractivity contribution is 9.09. The molecule has 0 spiro atoms. The molecule has 3 nitrogen and oxygen atoms in total. The summed E-state index contributed by atoms with van der Waals surface area (Å²) >= 11 is 2.19. The maximum Gasteiger partial charge on any atom is 0.163 e. The molecular formula is C14H19BrO3S. The number of hydrogen-bond acceptors (Lipinski definition) is 3. The summed E-state index contributed by atoms with van der Waals surface area (Å²) in [5.74, 6) is 0.382. The minimum Gasteiger partial charge on any atom is -0.611 e. The smallest absolute Gasteiger partial charge is 0.163 e. The lowest BCUT2D eigenvalue weighted by Crippen LogP contribution is -2.11. The normalized spacial score (nSPS) is 12.4. The van der Waals surface area contributed by atoms with E-state index >= 15 is 0 Å². The van der Waals surface area contributed by atoms with E-state index in [1.54, 1.807) is 12.1 Å². The van der Waals surface area contributed by atoms with Crippen LogP contribution in [-0.2, 0) is 17.6 Å². The summed E-state index contributed by atoms with van der Waals surface area (Å²) in [7, 11) is 0. The van der Waals surface area contributed by atoms with Crippen LogP contribution in [0.3, 0.4) is 0 Å². The predicted octanol–water partition coefficient (Wildman–Crippen LogP) is 3.44. The fraction of sp³-hybridized carbons (Fsp3) is 0.500. The van der Waals surface area contributed by atoms with Crippen molar-refractivity contribution in [2.75, 3.05) is 11.1 Å². The number of Topliss-reactive ketones (excluding diaryl/α,β-unsaturated/α-hetero) is 1. The molecule has 0 heterocycles. The van der Waals surface area contributed by atoms with E-state index in [4.69, 9.17) is 0 Å². The Kier molecular flexibility index (Phi) is 6.89. The van der Waals surface area contributed by atoms with Crippen molar-refractivity contribution < 1.29 is 14.5 Å². The molecule has 1 unspecified atom stereocenters. The van der Waals surface area contributed by atoms with Gasteiger partial charge in [-0.25, -0.2) is 0 Å². The van der Waals surface area contributed by atoms with Crippen LogP contribution >= 0.6 is 15.9 Å². The summed E-state index contributed by atoms with van der Waals surface area (Å²) in [4.78, 5) is 12.1. The number of aromatic hydroxyl groups is 1. The zero-order chi connectivity index (χ0) is 14.4. The quantitative estimate of drug-likeness (QED) is 0.467. The Balaban J connectivity index is 3.16. The fourth-order valence-corrected chi connectivity index (χ4v) is 3.87. The molecule has 1 N–H and O–H groups in total. The number of rotatable bonds is 7. The second kappa shape index (κ2) is 7.92. The molecule has 1 rings (SSSR count). The number of ketones is 1. The van der Waals surface area contributed by atoms with Gasteiger partial charge in [-0.05, 0) is 36.7 Å². The van der Waals surface area contributed by atoms with Crippen LogP contribution in [0.1, 0.15) is 42.6 Å². The number of carbonyl (C=O) groups is 1. The van der Waals surface area contributed by atoms with Crippen LogP contribution in [0.15, 0.2) is 17.0 Å². The molecular weight excluding hydrogens is 328 g/mol. The fourth-order valence-electron chi connectivity index (χ4n) is 1.90. The van der Waals surface area contributed by atoms with Gasteiger partial charge >= 0.3 is 0 Å². The molecule has 0 aromatic heterocycles. The first kappa shape index (κ1) is 16.5. The Morgan fingerprint density at radius 3 is 2.68 bits per heavy atom. The van der Waals surface area contributed by atoms with Crippen LogP contribution in [0.5, 0.6) is 5.75 Å². The van der Waals surface area contributed by atoms with Gasteiger partial charge in [0.1, 0.15) is 11.5 Å². The molecule has 0 aliphatic rings. The lowest BCUT2D eigenvalue weighted by atomic mass is 10.0. The highest BCUT2D eigenvalue weighted by atomic mass is 79.9. The van der Waals surface area contributed by atoms with Crippen LogP contribution in [0.4, 0.5) is 0 Å². The first-order valence-electron chi connectivity index (χ1n) is 6.33. The van der Waals surface area contributed by atoms with E-state index in [1.165, 1.54) is 6.92 Å². The second-order valence-corrected chi connectivity index (χ2v) is 6.67. The van der Waals surface area contributed by atoms with Crippen molar-refractivity contribution in [3.63, 3.8) is 0 Å². The number of hydrogen-bond donors (Lipinski definition) is 1. The van der Waals surface area contributed by atoms with Crippen LogP contribution < -0.4 is 0 Å². The van der Waals surface area contributed by atoms with Crippen LogP contribution in [-0.4, -0.2) is 26.5 Å². The summed E-state index contributed by atoms with van der Waals surface area (Å²) in [6.07, 6.45) is 2.27. The summed E-state index contributed by atoms with van der Waals surface area (Å²) in [5, 5.41) is 11.0. The Morgan fingerprint density at radius 1 is 1.47 bits per heavy atom. The molecule has 0 bridgehead atoms. The highest BCUT2D eigenvalue weighted by Gasteiger charge is 2.22. The van der Waals surface area contributed by atoms with Gasteiger partial charge in [0, 0.05) is 17.3 Å². The third-order valence-electron chi connectivity index (χ3n) is 2.83. The molecule has 1 aromatic carbocycles. The Labute approximate surface area is 125 Å². The van der Waals surface area contributed by atoms with Crippen molar-refractivity contribution in [1.82, 2.24) is 0 Å². The summed E-state index contributed by atoms with van der Waals surface area (Å²) < 4.78 is 12.2. The molecule has 106 valence electrons.